The molecule has 0 radical (unpaired) electrons. The fraction of sp³-hybridized carbons (Fsp3) is 0.467. The maximum absolute atomic E-state index is 6.01. The third kappa shape index (κ3) is 2.64. The number of hydrogen-bond acceptors (Lipinski definition) is 3. The van der Waals surface area contributed by atoms with Gasteiger partial charge >= 0.3 is 0 Å². The van der Waals surface area contributed by atoms with E-state index in [1.54, 1.807) is 0 Å². The molecule has 1 atom stereocenters. The van der Waals surface area contributed by atoms with Gasteiger partial charge in [0.25, 0.3) is 0 Å². The van der Waals surface area contributed by atoms with Gasteiger partial charge in [-0.05, 0) is 43.0 Å². The first kappa shape index (κ1) is 13.0. The molecule has 3 rings (SSSR count). The molecule has 1 heterocycles. The molecule has 19 heavy (non-hydrogen) atoms. The van der Waals surface area contributed by atoms with Crippen molar-refractivity contribution < 1.29 is 4.42 Å². The third-order valence-corrected chi connectivity index (χ3v) is 4.34. The highest BCUT2D eigenvalue weighted by Gasteiger charge is 2.26. The highest BCUT2D eigenvalue weighted by molar-refractivity contribution is 6.31. The molecule has 1 aromatic carbocycles. The van der Waals surface area contributed by atoms with Gasteiger partial charge in [0.15, 0.2) is 0 Å². The van der Waals surface area contributed by atoms with Gasteiger partial charge in [0.2, 0.25) is 0 Å². The second-order valence-electron chi connectivity index (χ2n) is 5.37. The van der Waals surface area contributed by atoms with Crippen LogP contribution in [0.15, 0.2) is 28.7 Å². The number of fused-ring (bicyclic) bond motifs is 1. The lowest BCUT2D eigenvalue weighted by Crippen LogP contribution is -2.34. The van der Waals surface area contributed by atoms with Crippen LogP contribution in [0.3, 0.4) is 0 Å². The van der Waals surface area contributed by atoms with Crippen molar-refractivity contribution in [2.75, 3.05) is 0 Å². The van der Waals surface area contributed by atoms with Crippen molar-refractivity contribution in [3.8, 4) is 0 Å². The van der Waals surface area contributed by atoms with Crippen molar-refractivity contribution in [2.45, 2.75) is 38.1 Å². The van der Waals surface area contributed by atoms with Crippen LogP contribution in [0.25, 0.3) is 11.0 Å². The molecule has 4 heteroatoms. The quantitative estimate of drug-likeness (QED) is 0.654. The fourth-order valence-corrected chi connectivity index (χ4v) is 3.29. The van der Waals surface area contributed by atoms with E-state index in [2.05, 4.69) is 11.5 Å². The topological polar surface area (TPSA) is 51.2 Å². The van der Waals surface area contributed by atoms with Crippen LogP contribution in [0, 0.1) is 5.92 Å². The van der Waals surface area contributed by atoms with E-state index >= 15 is 0 Å². The second-order valence-corrected chi connectivity index (χ2v) is 5.81. The number of nitrogens with one attached hydrogen (secondary N) is 1. The van der Waals surface area contributed by atoms with Crippen LogP contribution in [-0.4, -0.2) is 0 Å². The zero-order valence-electron chi connectivity index (χ0n) is 10.9. The fourth-order valence-electron chi connectivity index (χ4n) is 3.11. The number of rotatable bonds is 3. The number of nitrogens with two attached hydrogens (primary N) is 1. The number of hydrazine groups is 1. The lowest BCUT2D eigenvalue weighted by molar-refractivity contribution is 0.249. The Morgan fingerprint density at radius 2 is 2.00 bits per heavy atom. The summed E-state index contributed by atoms with van der Waals surface area (Å²) >= 11 is 6.01. The minimum absolute atomic E-state index is 0.103. The summed E-state index contributed by atoms with van der Waals surface area (Å²) in [6.07, 6.45) is 6.34. The van der Waals surface area contributed by atoms with E-state index in [-0.39, 0.29) is 6.04 Å². The lowest BCUT2D eigenvalue weighted by Gasteiger charge is -2.28. The molecule has 3 N–H and O–H groups in total. The van der Waals surface area contributed by atoms with E-state index < -0.39 is 0 Å². The second kappa shape index (κ2) is 5.53. The minimum atomic E-state index is 0.103. The summed E-state index contributed by atoms with van der Waals surface area (Å²) in [6.45, 7) is 0. The number of benzene rings is 1. The monoisotopic (exact) mass is 278 g/mol. The van der Waals surface area contributed by atoms with E-state index in [0.717, 1.165) is 21.8 Å². The van der Waals surface area contributed by atoms with Gasteiger partial charge in [0.1, 0.15) is 11.3 Å². The smallest absolute Gasteiger partial charge is 0.134 e. The number of hydrogen-bond donors (Lipinski definition) is 2. The molecule has 0 aliphatic heterocycles. The van der Waals surface area contributed by atoms with E-state index in [9.17, 15) is 0 Å². The molecule has 3 nitrogen and oxygen atoms in total. The molecule has 0 bridgehead atoms. The van der Waals surface area contributed by atoms with Gasteiger partial charge < -0.3 is 4.42 Å². The van der Waals surface area contributed by atoms with Crippen LogP contribution >= 0.6 is 11.6 Å². The summed E-state index contributed by atoms with van der Waals surface area (Å²) in [5, 5.41) is 1.77. The lowest BCUT2D eigenvalue weighted by atomic mass is 9.83. The molecule has 1 aliphatic carbocycles. The zero-order chi connectivity index (χ0) is 13.2. The molecule has 102 valence electrons. The van der Waals surface area contributed by atoms with Gasteiger partial charge in [-0.2, -0.15) is 0 Å². The van der Waals surface area contributed by atoms with Gasteiger partial charge in [-0.25, -0.2) is 5.43 Å². The number of furan rings is 1. The van der Waals surface area contributed by atoms with Gasteiger partial charge in [0.05, 0.1) is 6.04 Å². The van der Waals surface area contributed by atoms with E-state index in [1.165, 1.54) is 32.1 Å². The summed E-state index contributed by atoms with van der Waals surface area (Å²) in [4.78, 5) is 0. The predicted octanol–water partition coefficient (Wildman–Crippen LogP) is 4.17. The van der Waals surface area contributed by atoms with Crippen molar-refractivity contribution in [2.24, 2.45) is 11.8 Å². The van der Waals surface area contributed by atoms with Crippen LogP contribution in [0.4, 0.5) is 0 Å². The van der Waals surface area contributed by atoms with Gasteiger partial charge in [-0.15, -0.1) is 0 Å². The number of halogens is 1. The standard InChI is InChI=1S/C15H19ClN2O/c16-12-6-7-13-11(8-12)9-14(19-13)15(18-17)10-4-2-1-3-5-10/h6-10,15,18H,1-5,17H2. The molecular weight excluding hydrogens is 260 g/mol. The molecule has 1 aromatic heterocycles. The maximum Gasteiger partial charge on any atom is 0.134 e. The maximum atomic E-state index is 6.01. The van der Waals surface area contributed by atoms with E-state index in [4.69, 9.17) is 21.9 Å². The Morgan fingerprint density at radius 1 is 1.21 bits per heavy atom. The summed E-state index contributed by atoms with van der Waals surface area (Å²) in [7, 11) is 0. The largest absolute Gasteiger partial charge is 0.459 e. The summed E-state index contributed by atoms with van der Waals surface area (Å²) in [6, 6.07) is 7.85. The van der Waals surface area contributed by atoms with Crippen LogP contribution in [0.5, 0.6) is 0 Å². The van der Waals surface area contributed by atoms with Crippen LogP contribution < -0.4 is 11.3 Å². The highest BCUT2D eigenvalue weighted by atomic mass is 35.5. The Kier molecular flexibility index (Phi) is 3.78. The predicted molar refractivity (Wildman–Crippen MR) is 77.9 cm³/mol. The van der Waals surface area contributed by atoms with Crippen molar-refractivity contribution >= 4 is 22.6 Å². The summed E-state index contributed by atoms with van der Waals surface area (Å²) in [5.41, 5.74) is 3.81. The molecule has 1 aliphatic rings. The first-order chi connectivity index (χ1) is 9.28. The first-order valence-electron chi connectivity index (χ1n) is 6.93. The average molecular weight is 279 g/mol. The Balaban J connectivity index is 1.91. The Hall–Kier alpha value is -1.03. The molecule has 1 saturated carbocycles. The van der Waals surface area contributed by atoms with E-state index in [1.807, 2.05) is 18.2 Å². The average Bonchev–Trinajstić information content (AvgIpc) is 2.83. The molecule has 1 fully saturated rings. The van der Waals surface area contributed by atoms with Gasteiger partial charge in [0, 0.05) is 10.4 Å². The van der Waals surface area contributed by atoms with Crippen LogP contribution in [-0.2, 0) is 0 Å². The normalized spacial score (nSPS) is 18.8. The van der Waals surface area contributed by atoms with E-state index in [0.29, 0.717) is 5.92 Å². The molecule has 2 aromatic rings. The molecule has 0 saturated heterocycles. The van der Waals surface area contributed by atoms with Crippen LogP contribution in [0.1, 0.15) is 43.9 Å². The van der Waals surface area contributed by atoms with Crippen molar-refractivity contribution in [1.29, 1.82) is 0 Å². The van der Waals surface area contributed by atoms with Crippen LogP contribution in [0.2, 0.25) is 5.02 Å². The molecule has 0 spiro atoms. The third-order valence-electron chi connectivity index (χ3n) is 4.10. The Labute approximate surface area is 118 Å². The van der Waals surface area contributed by atoms with Crippen molar-refractivity contribution in [3.05, 3.63) is 35.0 Å². The Morgan fingerprint density at radius 3 is 2.74 bits per heavy atom. The highest BCUT2D eigenvalue weighted by Crippen LogP contribution is 2.36. The van der Waals surface area contributed by atoms with Crippen molar-refractivity contribution in [3.63, 3.8) is 0 Å². The summed E-state index contributed by atoms with van der Waals surface area (Å²) < 4.78 is 5.93. The minimum Gasteiger partial charge on any atom is -0.459 e. The zero-order valence-corrected chi connectivity index (χ0v) is 11.6. The summed E-state index contributed by atoms with van der Waals surface area (Å²) in [5.74, 6) is 7.24. The van der Waals surface area contributed by atoms with Gasteiger partial charge in [-0.3, -0.25) is 5.84 Å². The first-order valence-corrected chi connectivity index (χ1v) is 7.31. The SMILES string of the molecule is NNC(c1cc2cc(Cl)ccc2o1)C1CCCCC1. The van der Waals surface area contributed by atoms with Crippen molar-refractivity contribution in [1.82, 2.24) is 5.43 Å². The Bertz CT molecular complexity index is 560. The molecule has 0 amide bonds. The van der Waals surface area contributed by atoms with Gasteiger partial charge in [-0.1, -0.05) is 30.9 Å². The molecule has 1 unspecified atom stereocenters. The molecular formula is C15H19ClN2O.